The highest BCUT2D eigenvalue weighted by atomic mass is 16.5. The van der Waals surface area contributed by atoms with Gasteiger partial charge in [-0.3, -0.25) is 9.59 Å². The monoisotopic (exact) mass is 246 g/mol. The maximum absolute atomic E-state index is 11.5. The van der Waals surface area contributed by atoms with Gasteiger partial charge in [-0.05, 0) is 6.92 Å². The van der Waals surface area contributed by atoms with Crippen molar-refractivity contribution in [3.63, 3.8) is 0 Å². The Kier molecular flexibility index (Phi) is 8.35. The van der Waals surface area contributed by atoms with Crippen molar-refractivity contribution in [2.75, 3.05) is 33.9 Å². The Balaban J connectivity index is 3.80. The molecule has 2 atom stereocenters. The van der Waals surface area contributed by atoms with E-state index in [0.29, 0.717) is 19.7 Å². The second-order valence-corrected chi connectivity index (χ2v) is 3.84. The van der Waals surface area contributed by atoms with Crippen LogP contribution in [0.15, 0.2) is 0 Å². The Morgan fingerprint density at radius 2 is 1.88 bits per heavy atom. The van der Waals surface area contributed by atoms with Crippen molar-refractivity contribution in [1.29, 1.82) is 0 Å². The van der Waals surface area contributed by atoms with Gasteiger partial charge in [0, 0.05) is 20.2 Å². The maximum Gasteiger partial charge on any atom is 0.309 e. The van der Waals surface area contributed by atoms with E-state index in [9.17, 15) is 9.59 Å². The first-order valence-electron chi connectivity index (χ1n) is 5.60. The summed E-state index contributed by atoms with van der Waals surface area (Å²) in [6.45, 7) is 4.86. The first kappa shape index (κ1) is 15.9. The van der Waals surface area contributed by atoms with Gasteiger partial charge in [0.05, 0.1) is 25.7 Å². The molecule has 0 heterocycles. The molecule has 0 rings (SSSR count). The topological polar surface area (TPSA) is 76.7 Å². The summed E-state index contributed by atoms with van der Waals surface area (Å²) in [6.07, 6.45) is 0. The highest BCUT2D eigenvalue weighted by Crippen LogP contribution is 1.96. The molecular weight excluding hydrogens is 224 g/mol. The molecule has 100 valence electrons. The highest BCUT2D eigenvalue weighted by molar-refractivity contribution is 5.81. The van der Waals surface area contributed by atoms with Crippen LogP contribution in [-0.2, 0) is 19.1 Å². The van der Waals surface area contributed by atoms with E-state index in [2.05, 4.69) is 15.4 Å². The maximum atomic E-state index is 11.5. The summed E-state index contributed by atoms with van der Waals surface area (Å²) in [7, 11) is 2.92. The Bertz CT molecular complexity index is 246. The average Bonchev–Trinajstić information content (AvgIpc) is 2.34. The molecule has 0 fully saturated rings. The van der Waals surface area contributed by atoms with Crippen molar-refractivity contribution in [2.45, 2.75) is 19.9 Å². The Labute approximate surface area is 102 Å². The number of methoxy groups -OCH3 is 2. The SMILES string of the molecule is COCCNC(=O)C(C)NCC(C)C(=O)OC. The highest BCUT2D eigenvalue weighted by Gasteiger charge is 2.16. The Morgan fingerprint density at radius 1 is 1.24 bits per heavy atom. The normalized spacial score (nSPS) is 13.9. The van der Waals surface area contributed by atoms with Crippen molar-refractivity contribution in [3.05, 3.63) is 0 Å². The fourth-order valence-electron chi connectivity index (χ4n) is 1.16. The third kappa shape index (κ3) is 6.91. The van der Waals surface area contributed by atoms with Crippen LogP contribution in [0.5, 0.6) is 0 Å². The third-order valence-corrected chi connectivity index (χ3v) is 2.33. The second-order valence-electron chi connectivity index (χ2n) is 3.84. The first-order chi connectivity index (χ1) is 8.02. The van der Waals surface area contributed by atoms with Gasteiger partial charge in [-0.2, -0.15) is 0 Å². The lowest BCUT2D eigenvalue weighted by Crippen LogP contribution is -2.45. The molecule has 1 amide bonds. The van der Waals surface area contributed by atoms with Gasteiger partial charge >= 0.3 is 5.97 Å². The van der Waals surface area contributed by atoms with E-state index in [1.807, 2.05) is 0 Å². The number of esters is 1. The van der Waals surface area contributed by atoms with E-state index < -0.39 is 0 Å². The summed E-state index contributed by atoms with van der Waals surface area (Å²) < 4.78 is 9.41. The fourth-order valence-corrected chi connectivity index (χ4v) is 1.16. The predicted octanol–water partition coefficient (Wildman–Crippen LogP) is -0.464. The fraction of sp³-hybridized carbons (Fsp3) is 0.818. The van der Waals surface area contributed by atoms with Gasteiger partial charge < -0.3 is 20.1 Å². The summed E-state index contributed by atoms with van der Waals surface area (Å²) in [5.74, 6) is -0.669. The number of nitrogens with one attached hydrogen (secondary N) is 2. The molecule has 6 nitrogen and oxygen atoms in total. The first-order valence-corrected chi connectivity index (χ1v) is 5.60. The smallest absolute Gasteiger partial charge is 0.309 e. The standard InChI is InChI=1S/C11H22N2O4/c1-8(11(15)17-4)7-13-9(2)10(14)12-5-6-16-3/h8-9,13H,5-7H2,1-4H3,(H,12,14). The van der Waals surface area contributed by atoms with Crippen molar-refractivity contribution in [1.82, 2.24) is 10.6 Å². The molecule has 0 radical (unpaired) electrons. The quantitative estimate of drug-likeness (QED) is 0.447. The largest absolute Gasteiger partial charge is 0.469 e. The lowest BCUT2D eigenvalue weighted by Gasteiger charge is -2.16. The molecule has 0 saturated carbocycles. The van der Waals surface area contributed by atoms with Crippen molar-refractivity contribution in [2.24, 2.45) is 5.92 Å². The molecule has 0 aliphatic heterocycles. The van der Waals surface area contributed by atoms with Crippen molar-refractivity contribution < 1.29 is 19.1 Å². The zero-order valence-corrected chi connectivity index (χ0v) is 10.9. The van der Waals surface area contributed by atoms with Gasteiger partial charge in [0.1, 0.15) is 0 Å². The molecule has 0 spiro atoms. The van der Waals surface area contributed by atoms with Crippen LogP contribution < -0.4 is 10.6 Å². The van der Waals surface area contributed by atoms with Gasteiger partial charge in [-0.25, -0.2) is 0 Å². The van der Waals surface area contributed by atoms with Crippen LogP contribution in [0.3, 0.4) is 0 Å². The van der Waals surface area contributed by atoms with Crippen LogP contribution >= 0.6 is 0 Å². The van der Waals surface area contributed by atoms with E-state index in [4.69, 9.17) is 4.74 Å². The summed E-state index contributed by atoms with van der Waals surface area (Å²) >= 11 is 0. The molecule has 0 bridgehead atoms. The lowest BCUT2D eigenvalue weighted by atomic mass is 10.1. The molecule has 2 N–H and O–H groups in total. The van der Waals surface area contributed by atoms with Crippen molar-refractivity contribution >= 4 is 11.9 Å². The summed E-state index contributed by atoms with van der Waals surface area (Å²) in [5, 5.41) is 5.68. The van der Waals surface area contributed by atoms with Crippen LogP contribution in [-0.4, -0.2) is 51.8 Å². The lowest BCUT2D eigenvalue weighted by molar-refractivity contribution is -0.144. The zero-order valence-electron chi connectivity index (χ0n) is 10.9. The van der Waals surface area contributed by atoms with Crippen LogP contribution in [0.1, 0.15) is 13.8 Å². The summed E-state index contributed by atoms with van der Waals surface area (Å²) in [4.78, 5) is 22.7. The van der Waals surface area contributed by atoms with Crippen LogP contribution in [0.25, 0.3) is 0 Å². The molecule has 2 unspecified atom stereocenters. The van der Waals surface area contributed by atoms with Gasteiger partial charge in [-0.15, -0.1) is 0 Å². The minimum atomic E-state index is -0.348. The Hall–Kier alpha value is -1.14. The molecule has 0 aliphatic rings. The third-order valence-electron chi connectivity index (χ3n) is 2.33. The number of hydrogen-bond acceptors (Lipinski definition) is 5. The number of carbonyl (C=O) groups excluding carboxylic acids is 2. The van der Waals surface area contributed by atoms with Gasteiger partial charge in [0.15, 0.2) is 0 Å². The van der Waals surface area contributed by atoms with E-state index >= 15 is 0 Å². The number of ether oxygens (including phenoxy) is 2. The molecule has 0 aliphatic carbocycles. The van der Waals surface area contributed by atoms with E-state index in [1.165, 1.54) is 7.11 Å². The van der Waals surface area contributed by atoms with E-state index in [-0.39, 0.29) is 23.8 Å². The minimum absolute atomic E-state index is 0.112. The summed E-state index contributed by atoms with van der Waals surface area (Å²) in [5.41, 5.74) is 0. The number of carbonyl (C=O) groups is 2. The van der Waals surface area contributed by atoms with E-state index in [0.717, 1.165) is 0 Å². The van der Waals surface area contributed by atoms with Gasteiger partial charge in [0.25, 0.3) is 0 Å². The second kappa shape index (κ2) is 8.95. The van der Waals surface area contributed by atoms with Gasteiger partial charge in [0.2, 0.25) is 5.91 Å². The molecule has 0 aromatic rings. The van der Waals surface area contributed by atoms with E-state index in [1.54, 1.807) is 21.0 Å². The van der Waals surface area contributed by atoms with Crippen molar-refractivity contribution in [3.8, 4) is 0 Å². The number of amides is 1. The summed E-state index contributed by atoms with van der Waals surface area (Å²) in [6, 6.07) is -0.348. The molecule has 0 saturated heterocycles. The average molecular weight is 246 g/mol. The predicted molar refractivity (Wildman–Crippen MR) is 63.5 cm³/mol. The van der Waals surface area contributed by atoms with Crippen LogP contribution in [0.4, 0.5) is 0 Å². The molecular formula is C11H22N2O4. The molecule has 17 heavy (non-hydrogen) atoms. The molecule has 0 aromatic carbocycles. The Morgan fingerprint density at radius 3 is 2.41 bits per heavy atom. The van der Waals surface area contributed by atoms with Gasteiger partial charge in [-0.1, -0.05) is 6.92 Å². The molecule has 6 heteroatoms. The molecule has 0 aromatic heterocycles. The number of rotatable bonds is 8. The zero-order chi connectivity index (χ0) is 13.3. The number of hydrogen-bond donors (Lipinski definition) is 2. The minimum Gasteiger partial charge on any atom is -0.469 e. The van der Waals surface area contributed by atoms with Crippen LogP contribution in [0.2, 0.25) is 0 Å². The van der Waals surface area contributed by atoms with Crippen LogP contribution in [0, 0.1) is 5.92 Å².